The van der Waals surface area contributed by atoms with Gasteiger partial charge in [0.1, 0.15) is 5.75 Å². The summed E-state index contributed by atoms with van der Waals surface area (Å²) >= 11 is 5.80. The number of hydrogen-bond donors (Lipinski definition) is 1. The van der Waals surface area contributed by atoms with Crippen LogP contribution in [0.1, 0.15) is 36.0 Å². The van der Waals surface area contributed by atoms with E-state index in [9.17, 15) is 9.90 Å². The Morgan fingerprint density at radius 3 is 2.65 bits per heavy atom. The van der Waals surface area contributed by atoms with Gasteiger partial charge in [-0.15, -0.1) is 0 Å². The van der Waals surface area contributed by atoms with E-state index in [1.807, 2.05) is 7.05 Å². The van der Waals surface area contributed by atoms with Crippen LogP contribution >= 0.6 is 11.6 Å². The Morgan fingerprint density at radius 2 is 2.06 bits per heavy atom. The van der Waals surface area contributed by atoms with Crippen molar-refractivity contribution in [3.8, 4) is 5.75 Å². The lowest BCUT2D eigenvalue weighted by Crippen LogP contribution is -2.35. The van der Waals surface area contributed by atoms with Gasteiger partial charge in [-0.05, 0) is 31.0 Å². The number of amides is 1. The van der Waals surface area contributed by atoms with E-state index in [0.717, 1.165) is 12.8 Å². The van der Waals surface area contributed by atoms with Gasteiger partial charge in [-0.3, -0.25) is 4.79 Å². The number of benzene rings is 1. The van der Waals surface area contributed by atoms with Gasteiger partial charge in [0.15, 0.2) is 0 Å². The molecule has 0 atom stereocenters. The van der Waals surface area contributed by atoms with Crippen molar-refractivity contribution in [1.29, 1.82) is 0 Å². The molecule has 0 spiro atoms. The van der Waals surface area contributed by atoms with Crippen molar-refractivity contribution in [2.45, 2.75) is 31.7 Å². The van der Waals surface area contributed by atoms with Gasteiger partial charge < -0.3 is 10.0 Å². The number of nitrogens with zero attached hydrogens (tertiary/aromatic N) is 1. The van der Waals surface area contributed by atoms with Crippen LogP contribution in [0.5, 0.6) is 5.75 Å². The number of phenolic OH excluding ortho intramolecular Hbond substituents is 1. The average Bonchev–Trinajstić information content (AvgIpc) is 2.84. The summed E-state index contributed by atoms with van der Waals surface area (Å²) in [6.45, 7) is 0. The maximum atomic E-state index is 12.2. The highest BCUT2D eigenvalue weighted by molar-refractivity contribution is 6.32. The number of phenols is 1. The fourth-order valence-electron chi connectivity index (χ4n) is 2.30. The smallest absolute Gasteiger partial charge is 0.253 e. The molecule has 1 fully saturated rings. The van der Waals surface area contributed by atoms with Crippen LogP contribution in [0.4, 0.5) is 0 Å². The van der Waals surface area contributed by atoms with Crippen LogP contribution in [0.2, 0.25) is 5.02 Å². The van der Waals surface area contributed by atoms with Crippen LogP contribution in [-0.4, -0.2) is 29.0 Å². The molecular weight excluding hydrogens is 238 g/mol. The number of halogens is 1. The van der Waals surface area contributed by atoms with Gasteiger partial charge in [0, 0.05) is 18.7 Å². The molecule has 92 valence electrons. The SMILES string of the molecule is CN(C(=O)c1ccc(O)c(Cl)c1)C1CCCC1. The van der Waals surface area contributed by atoms with Crippen molar-refractivity contribution < 1.29 is 9.90 Å². The lowest BCUT2D eigenvalue weighted by Gasteiger charge is -2.24. The maximum absolute atomic E-state index is 12.2. The third-order valence-corrected chi connectivity index (χ3v) is 3.69. The van der Waals surface area contributed by atoms with Crippen LogP contribution in [-0.2, 0) is 0 Å². The minimum atomic E-state index is -0.0289. The number of rotatable bonds is 2. The third kappa shape index (κ3) is 2.55. The van der Waals surface area contributed by atoms with Crippen molar-refractivity contribution in [3.63, 3.8) is 0 Å². The fourth-order valence-corrected chi connectivity index (χ4v) is 2.48. The molecule has 0 aliphatic heterocycles. The Kier molecular flexibility index (Phi) is 3.57. The standard InChI is InChI=1S/C13H16ClNO2/c1-15(10-4-2-3-5-10)13(17)9-6-7-12(16)11(14)8-9/h6-8,10,16H,2-5H2,1H3. The summed E-state index contributed by atoms with van der Waals surface area (Å²) in [5, 5.41) is 9.54. The molecule has 17 heavy (non-hydrogen) atoms. The first-order valence-electron chi connectivity index (χ1n) is 5.85. The highest BCUT2D eigenvalue weighted by atomic mass is 35.5. The zero-order valence-electron chi connectivity index (χ0n) is 9.82. The molecule has 3 nitrogen and oxygen atoms in total. The molecule has 0 saturated heterocycles. The third-order valence-electron chi connectivity index (χ3n) is 3.39. The zero-order chi connectivity index (χ0) is 12.4. The molecule has 0 heterocycles. The molecule has 1 N–H and O–H groups in total. The molecule has 1 aromatic carbocycles. The van der Waals surface area contributed by atoms with Crippen molar-refractivity contribution >= 4 is 17.5 Å². The van der Waals surface area contributed by atoms with E-state index in [4.69, 9.17) is 11.6 Å². The van der Waals surface area contributed by atoms with E-state index in [1.54, 1.807) is 11.0 Å². The molecule has 0 unspecified atom stereocenters. The van der Waals surface area contributed by atoms with Gasteiger partial charge in [0.2, 0.25) is 0 Å². The summed E-state index contributed by atoms with van der Waals surface area (Å²) in [6.07, 6.45) is 4.54. The predicted molar refractivity (Wildman–Crippen MR) is 67.5 cm³/mol. The maximum Gasteiger partial charge on any atom is 0.253 e. The largest absolute Gasteiger partial charge is 0.506 e. The highest BCUT2D eigenvalue weighted by Crippen LogP contribution is 2.27. The van der Waals surface area contributed by atoms with Crippen LogP contribution in [0.25, 0.3) is 0 Å². The molecule has 0 aromatic heterocycles. The Balaban J connectivity index is 2.15. The fraction of sp³-hybridized carbons (Fsp3) is 0.462. The highest BCUT2D eigenvalue weighted by Gasteiger charge is 2.24. The van der Waals surface area contributed by atoms with E-state index in [1.165, 1.54) is 25.0 Å². The van der Waals surface area contributed by atoms with Gasteiger partial charge >= 0.3 is 0 Å². The van der Waals surface area contributed by atoms with Crippen molar-refractivity contribution in [2.24, 2.45) is 0 Å². The minimum absolute atomic E-state index is 0.00624. The first-order valence-corrected chi connectivity index (χ1v) is 6.23. The molecule has 0 bridgehead atoms. The zero-order valence-corrected chi connectivity index (χ0v) is 10.6. The monoisotopic (exact) mass is 253 g/mol. The summed E-state index contributed by atoms with van der Waals surface area (Å²) in [4.78, 5) is 14.0. The minimum Gasteiger partial charge on any atom is -0.506 e. The number of aromatic hydroxyl groups is 1. The Bertz CT molecular complexity index is 427. The van der Waals surface area contributed by atoms with E-state index in [-0.39, 0.29) is 16.7 Å². The summed E-state index contributed by atoms with van der Waals surface area (Å²) in [6, 6.07) is 4.92. The molecular formula is C13H16ClNO2. The van der Waals surface area contributed by atoms with Crippen LogP contribution in [0.3, 0.4) is 0 Å². The Labute approximate surface area is 106 Å². The van der Waals surface area contributed by atoms with E-state index < -0.39 is 0 Å². The number of carbonyl (C=O) groups is 1. The summed E-state index contributed by atoms with van der Waals surface area (Å²) in [7, 11) is 1.83. The van der Waals surface area contributed by atoms with Gasteiger partial charge in [0.05, 0.1) is 5.02 Å². The summed E-state index contributed by atoms with van der Waals surface area (Å²) in [5.74, 6) is -0.0227. The van der Waals surface area contributed by atoms with Gasteiger partial charge in [0.25, 0.3) is 5.91 Å². The molecule has 0 radical (unpaired) electrons. The second kappa shape index (κ2) is 4.96. The molecule has 4 heteroatoms. The molecule has 1 amide bonds. The first-order chi connectivity index (χ1) is 8.09. The van der Waals surface area contributed by atoms with Crippen LogP contribution < -0.4 is 0 Å². The summed E-state index contributed by atoms with van der Waals surface area (Å²) < 4.78 is 0. The van der Waals surface area contributed by atoms with E-state index in [0.29, 0.717) is 11.6 Å². The quantitative estimate of drug-likeness (QED) is 0.880. The molecule has 1 aliphatic carbocycles. The van der Waals surface area contributed by atoms with E-state index in [2.05, 4.69) is 0 Å². The second-order valence-electron chi connectivity index (χ2n) is 4.52. The van der Waals surface area contributed by atoms with Gasteiger partial charge in [-0.25, -0.2) is 0 Å². The number of carbonyl (C=O) groups excluding carboxylic acids is 1. The van der Waals surface area contributed by atoms with Crippen molar-refractivity contribution in [1.82, 2.24) is 4.90 Å². The first kappa shape index (κ1) is 12.2. The van der Waals surface area contributed by atoms with Crippen LogP contribution in [0.15, 0.2) is 18.2 Å². The lowest BCUT2D eigenvalue weighted by molar-refractivity contribution is 0.0735. The normalized spacial score (nSPS) is 16.1. The van der Waals surface area contributed by atoms with Crippen molar-refractivity contribution in [2.75, 3.05) is 7.05 Å². The van der Waals surface area contributed by atoms with Gasteiger partial charge in [-0.1, -0.05) is 24.4 Å². The molecule has 1 saturated carbocycles. The van der Waals surface area contributed by atoms with Crippen LogP contribution in [0, 0.1) is 0 Å². The Hall–Kier alpha value is -1.22. The number of hydrogen-bond acceptors (Lipinski definition) is 2. The topological polar surface area (TPSA) is 40.5 Å². The molecule has 1 aromatic rings. The summed E-state index contributed by atoms with van der Waals surface area (Å²) in [5.41, 5.74) is 0.530. The second-order valence-corrected chi connectivity index (χ2v) is 4.93. The van der Waals surface area contributed by atoms with Gasteiger partial charge in [-0.2, -0.15) is 0 Å². The lowest BCUT2D eigenvalue weighted by atomic mass is 10.1. The Morgan fingerprint density at radius 1 is 1.41 bits per heavy atom. The predicted octanol–water partition coefficient (Wildman–Crippen LogP) is 3.06. The van der Waals surface area contributed by atoms with Crippen molar-refractivity contribution in [3.05, 3.63) is 28.8 Å². The van der Waals surface area contributed by atoms with E-state index >= 15 is 0 Å². The molecule has 1 aliphatic rings. The average molecular weight is 254 g/mol. The molecule has 2 rings (SSSR count).